The van der Waals surface area contributed by atoms with Gasteiger partial charge in [0.1, 0.15) is 0 Å². The fourth-order valence-electron chi connectivity index (χ4n) is 3.84. The average Bonchev–Trinajstić information content (AvgIpc) is 2.65. The van der Waals surface area contributed by atoms with Crippen LogP contribution >= 0.6 is 0 Å². The van der Waals surface area contributed by atoms with Gasteiger partial charge in [-0.3, -0.25) is 4.79 Å². The van der Waals surface area contributed by atoms with Crippen molar-refractivity contribution in [3.63, 3.8) is 0 Å². The first-order chi connectivity index (χ1) is 12.8. The number of amides is 1. The Hall–Kier alpha value is -1.40. The highest BCUT2D eigenvalue weighted by Gasteiger charge is 2.26. The van der Waals surface area contributed by atoms with E-state index in [1.807, 2.05) is 0 Å². The molecule has 152 valence electrons. The molecule has 1 amide bonds. The monoisotopic (exact) mass is 395 g/mol. The lowest BCUT2D eigenvalue weighted by molar-refractivity contribution is -0.127. The van der Waals surface area contributed by atoms with Crippen molar-refractivity contribution in [1.82, 2.24) is 5.32 Å². The molecule has 1 unspecified atom stereocenters. The van der Waals surface area contributed by atoms with Gasteiger partial charge in [-0.05, 0) is 36.0 Å². The third-order valence-corrected chi connectivity index (χ3v) is 7.27. The Bertz CT molecular complexity index is 691. The molecule has 0 saturated heterocycles. The fourth-order valence-corrected chi connectivity index (χ4v) is 4.86. The van der Waals surface area contributed by atoms with Crippen molar-refractivity contribution < 1.29 is 18.3 Å². The summed E-state index contributed by atoms with van der Waals surface area (Å²) < 4.78 is 23.9. The highest BCUT2D eigenvalue weighted by atomic mass is 32.2. The first kappa shape index (κ1) is 21.9. The van der Waals surface area contributed by atoms with E-state index in [9.17, 15) is 13.2 Å². The summed E-state index contributed by atoms with van der Waals surface area (Å²) in [7, 11) is -3.44. The highest BCUT2D eigenvalue weighted by molar-refractivity contribution is 7.91. The number of aliphatic hydroxyl groups excluding tert-OH is 1. The molecule has 1 aromatic rings. The minimum absolute atomic E-state index is 0.0253. The third-order valence-electron chi connectivity index (χ3n) is 5.56. The second-order valence-corrected chi connectivity index (χ2v) is 10.1. The zero-order chi connectivity index (χ0) is 19.9. The Balaban J connectivity index is 1.92. The minimum Gasteiger partial charge on any atom is -0.395 e. The second-order valence-electron chi connectivity index (χ2n) is 7.99. The number of carbonyl (C=O) groups excluding carboxylic acids is 1. The van der Waals surface area contributed by atoms with Gasteiger partial charge in [0.25, 0.3) is 0 Å². The molecule has 5 nitrogen and oxygen atoms in total. The van der Waals surface area contributed by atoms with E-state index < -0.39 is 16.4 Å². The predicted molar refractivity (Wildman–Crippen MR) is 107 cm³/mol. The van der Waals surface area contributed by atoms with Crippen LogP contribution in [0.25, 0.3) is 0 Å². The van der Waals surface area contributed by atoms with Gasteiger partial charge in [-0.1, -0.05) is 58.1 Å². The van der Waals surface area contributed by atoms with Crippen molar-refractivity contribution in [2.24, 2.45) is 17.8 Å². The van der Waals surface area contributed by atoms with Crippen LogP contribution in [0.1, 0.15) is 57.9 Å². The molecule has 0 bridgehead atoms. The number of hydrogen-bond acceptors (Lipinski definition) is 4. The Morgan fingerprint density at radius 2 is 1.78 bits per heavy atom. The maximum atomic E-state index is 12.7. The normalized spacial score (nSPS) is 17.0. The summed E-state index contributed by atoms with van der Waals surface area (Å²) in [4.78, 5) is 12.9. The number of aliphatic hydroxyl groups is 1. The summed E-state index contributed by atoms with van der Waals surface area (Å²) >= 11 is 0. The molecular formula is C21H33NO4S. The molecule has 1 aliphatic rings. The molecule has 1 aromatic carbocycles. The summed E-state index contributed by atoms with van der Waals surface area (Å²) in [6, 6.07) is 6.51. The topological polar surface area (TPSA) is 83.5 Å². The Morgan fingerprint density at radius 3 is 2.33 bits per heavy atom. The molecule has 1 saturated carbocycles. The molecule has 0 aliphatic heterocycles. The summed E-state index contributed by atoms with van der Waals surface area (Å²) in [6.45, 7) is 4.21. The van der Waals surface area contributed by atoms with Gasteiger partial charge in [-0.25, -0.2) is 8.42 Å². The molecule has 0 spiro atoms. The molecular weight excluding hydrogens is 362 g/mol. The lowest BCUT2D eigenvalue weighted by Gasteiger charge is -2.28. The van der Waals surface area contributed by atoms with Gasteiger partial charge in [-0.2, -0.15) is 0 Å². The van der Waals surface area contributed by atoms with Crippen LogP contribution in [0.5, 0.6) is 0 Å². The number of carbonyl (C=O) groups is 1. The number of hydrogen-bond donors (Lipinski definition) is 2. The van der Waals surface area contributed by atoms with E-state index >= 15 is 0 Å². The average molecular weight is 396 g/mol. The van der Waals surface area contributed by atoms with E-state index in [2.05, 4.69) is 19.2 Å². The van der Waals surface area contributed by atoms with Crippen LogP contribution in [0.15, 0.2) is 29.2 Å². The SMILES string of the molecule is CC(C)C(CC1CCCCC1)C(=O)NCc1ccc(S(=O)(=O)CCO)cc1. The Labute approximate surface area is 163 Å². The Kier molecular flexibility index (Phi) is 8.29. The zero-order valence-corrected chi connectivity index (χ0v) is 17.3. The maximum Gasteiger partial charge on any atom is 0.223 e. The van der Waals surface area contributed by atoms with Gasteiger partial charge in [-0.15, -0.1) is 0 Å². The third kappa shape index (κ3) is 6.61. The van der Waals surface area contributed by atoms with Crippen molar-refractivity contribution in [3.8, 4) is 0 Å². The van der Waals surface area contributed by atoms with E-state index in [0.717, 1.165) is 12.0 Å². The molecule has 1 fully saturated rings. The van der Waals surface area contributed by atoms with E-state index in [-0.39, 0.29) is 22.5 Å². The van der Waals surface area contributed by atoms with Crippen molar-refractivity contribution in [3.05, 3.63) is 29.8 Å². The number of sulfone groups is 1. The predicted octanol–water partition coefficient (Wildman–Crippen LogP) is 3.31. The quantitative estimate of drug-likeness (QED) is 0.672. The molecule has 2 rings (SSSR count). The molecule has 6 heteroatoms. The molecule has 2 N–H and O–H groups in total. The van der Waals surface area contributed by atoms with E-state index in [0.29, 0.717) is 18.4 Å². The smallest absolute Gasteiger partial charge is 0.223 e. The van der Waals surface area contributed by atoms with Crippen molar-refractivity contribution in [1.29, 1.82) is 0 Å². The van der Waals surface area contributed by atoms with E-state index in [4.69, 9.17) is 5.11 Å². The first-order valence-electron chi connectivity index (χ1n) is 10.0. The van der Waals surface area contributed by atoms with Crippen LogP contribution in [-0.4, -0.2) is 31.8 Å². The van der Waals surface area contributed by atoms with Crippen LogP contribution in [0.3, 0.4) is 0 Å². The van der Waals surface area contributed by atoms with Gasteiger partial charge >= 0.3 is 0 Å². The molecule has 1 atom stereocenters. The summed E-state index contributed by atoms with van der Waals surface area (Å²) in [6.07, 6.45) is 7.31. The maximum absolute atomic E-state index is 12.7. The van der Waals surface area contributed by atoms with E-state index in [1.165, 1.54) is 44.2 Å². The van der Waals surface area contributed by atoms with Crippen molar-refractivity contribution in [2.75, 3.05) is 12.4 Å². The van der Waals surface area contributed by atoms with Crippen LogP contribution in [0.2, 0.25) is 0 Å². The summed E-state index contributed by atoms with van der Waals surface area (Å²) in [5, 5.41) is 11.9. The summed E-state index contributed by atoms with van der Waals surface area (Å²) in [5.41, 5.74) is 0.867. The van der Waals surface area contributed by atoms with Crippen LogP contribution in [-0.2, 0) is 21.2 Å². The number of rotatable bonds is 9. The number of benzene rings is 1. The highest BCUT2D eigenvalue weighted by Crippen LogP contribution is 2.31. The molecule has 0 radical (unpaired) electrons. The fraction of sp³-hybridized carbons (Fsp3) is 0.667. The Morgan fingerprint density at radius 1 is 1.15 bits per heavy atom. The minimum atomic E-state index is -3.44. The first-order valence-corrected chi connectivity index (χ1v) is 11.7. The van der Waals surface area contributed by atoms with Gasteiger partial charge in [0, 0.05) is 12.5 Å². The van der Waals surface area contributed by atoms with Crippen LogP contribution < -0.4 is 5.32 Å². The van der Waals surface area contributed by atoms with Gasteiger partial charge < -0.3 is 10.4 Å². The number of nitrogens with one attached hydrogen (secondary N) is 1. The van der Waals surface area contributed by atoms with Gasteiger partial charge in [0.05, 0.1) is 17.3 Å². The summed E-state index contributed by atoms with van der Waals surface area (Å²) in [5.74, 6) is 0.802. The van der Waals surface area contributed by atoms with E-state index in [1.54, 1.807) is 12.1 Å². The molecule has 0 heterocycles. The molecule has 1 aliphatic carbocycles. The lowest BCUT2D eigenvalue weighted by atomic mass is 9.79. The van der Waals surface area contributed by atoms with Gasteiger partial charge in [0.15, 0.2) is 9.84 Å². The second kappa shape index (κ2) is 10.2. The van der Waals surface area contributed by atoms with Gasteiger partial charge in [0.2, 0.25) is 5.91 Å². The zero-order valence-electron chi connectivity index (χ0n) is 16.5. The molecule has 0 aromatic heterocycles. The van der Waals surface area contributed by atoms with Crippen molar-refractivity contribution in [2.45, 2.75) is 63.8 Å². The van der Waals surface area contributed by atoms with Crippen molar-refractivity contribution >= 4 is 15.7 Å². The lowest BCUT2D eigenvalue weighted by Crippen LogP contribution is -2.34. The largest absolute Gasteiger partial charge is 0.395 e. The van der Waals surface area contributed by atoms with Crippen LogP contribution in [0, 0.1) is 17.8 Å². The standard InChI is InChI=1S/C21H33NO4S/c1-16(2)20(14-17-6-4-3-5-7-17)21(24)22-15-18-8-10-19(11-9-18)27(25,26)13-12-23/h8-11,16-17,20,23H,3-7,12-15H2,1-2H3,(H,22,24). The molecule has 27 heavy (non-hydrogen) atoms. The van der Waals surface area contributed by atoms with Crippen LogP contribution in [0.4, 0.5) is 0 Å².